The Labute approximate surface area is 111 Å². The Morgan fingerprint density at radius 1 is 1.44 bits per heavy atom. The van der Waals surface area contributed by atoms with Gasteiger partial charge >= 0.3 is 0 Å². The first-order chi connectivity index (χ1) is 8.69. The van der Waals surface area contributed by atoms with Gasteiger partial charge in [0.25, 0.3) is 0 Å². The van der Waals surface area contributed by atoms with Crippen LogP contribution in [0.5, 0.6) is 0 Å². The van der Waals surface area contributed by atoms with E-state index in [0.29, 0.717) is 6.04 Å². The Morgan fingerprint density at radius 3 is 2.78 bits per heavy atom. The van der Waals surface area contributed by atoms with Crippen molar-refractivity contribution in [1.82, 2.24) is 9.36 Å². The molecule has 1 fully saturated rings. The number of aromatic nitrogens is 2. The highest BCUT2D eigenvalue weighted by atomic mass is 32.1. The molecule has 1 aromatic rings. The standard InChI is InChI=1S/C12H20N4OS/c1-2-3-10-15-12(18-16-10)14-9-6-4-8(5-7-9)11(13)17/h8-9H,2-7H2,1H3,(H2,13,17)(H,14,15,16). The van der Waals surface area contributed by atoms with E-state index in [-0.39, 0.29) is 11.8 Å². The van der Waals surface area contributed by atoms with Crippen LogP contribution < -0.4 is 11.1 Å². The number of carbonyl (C=O) groups is 1. The Balaban J connectivity index is 1.81. The van der Waals surface area contributed by atoms with Crippen LogP contribution in [-0.2, 0) is 11.2 Å². The fourth-order valence-electron chi connectivity index (χ4n) is 2.33. The molecule has 0 atom stereocenters. The van der Waals surface area contributed by atoms with Gasteiger partial charge in [-0.05, 0) is 32.1 Å². The van der Waals surface area contributed by atoms with Gasteiger partial charge in [0, 0.05) is 29.9 Å². The number of primary amides is 1. The van der Waals surface area contributed by atoms with Crippen molar-refractivity contribution >= 4 is 22.6 Å². The summed E-state index contributed by atoms with van der Waals surface area (Å²) in [7, 11) is 0. The van der Waals surface area contributed by atoms with Crippen LogP contribution in [-0.4, -0.2) is 21.3 Å². The van der Waals surface area contributed by atoms with Gasteiger partial charge < -0.3 is 11.1 Å². The van der Waals surface area contributed by atoms with Crippen molar-refractivity contribution in [2.45, 2.75) is 51.5 Å². The van der Waals surface area contributed by atoms with Gasteiger partial charge in [0.05, 0.1) is 0 Å². The first kappa shape index (κ1) is 13.3. The lowest BCUT2D eigenvalue weighted by Crippen LogP contribution is -2.32. The molecule has 1 heterocycles. The molecule has 0 aliphatic heterocycles. The minimum atomic E-state index is -0.158. The Kier molecular flexibility index (Phi) is 4.52. The van der Waals surface area contributed by atoms with Crippen molar-refractivity contribution in [2.75, 3.05) is 5.32 Å². The highest BCUT2D eigenvalue weighted by Crippen LogP contribution is 2.26. The normalized spacial score (nSPS) is 23.8. The van der Waals surface area contributed by atoms with Gasteiger partial charge in [0.2, 0.25) is 11.0 Å². The summed E-state index contributed by atoms with van der Waals surface area (Å²) in [5.74, 6) is 0.832. The highest BCUT2D eigenvalue weighted by molar-refractivity contribution is 7.09. The number of rotatable bonds is 5. The van der Waals surface area contributed by atoms with Gasteiger partial charge in [0.1, 0.15) is 5.82 Å². The molecule has 2 rings (SSSR count). The summed E-state index contributed by atoms with van der Waals surface area (Å²) >= 11 is 1.43. The molecule has 3 N–H and O–H groups in total. The maximum Gasteiger partial charge on any atom is 0.220 e. The van der Waals surface area contributed by atoms with Crippen LogP contribution >= 0.6 is 11.5 Å². The number of carbonyl (C=O) groups excluding carboxylic acids is 1. The number of nitrogens with one attached hydrogen (secondary N) is 1. The SMILES string of the molecule is CCCc1nsc(NC2CCC(C(N)=O)CC2)n1. The molecule has 0 radical (unpaired) electrons. The number of hydrogen-bond acceptors (Lipinski definition) is 5. The molecule has 0 unspecified atom stereocenters. The molecule has 1 saturated carbocycles. The Hall–Kier alpha value is -1.17. The predicted molar refractivity (Wildman–Crippen MR) is 72.5 cm³/mol. The molecule has 18 heavy (non-hydrogen) atoms. The van der Waals surface area contributed by atoms with E-state index in [1.807, 2.05) is 0 Å². The third-order valence-electron chi connectivity index (χ3n) is 3.40. The maximum atomic E-state index is 11.1. The smallest absolute Gasteiger partial charge is 0.220 e. The second-order valence-electron chi connectivity index (χ2n) is 4.86. The molecule has 0 spiro atoms. The van der Waals surface area contributed by atoms with Crippen LogP contribution in [0.25, 0.3) is 0 Å². The molecule has 0 aromatic carbocycles. The average Bonchev–Trinajstić information content (AvgIpc) is 2.78. The van der Waals surface area contributed by atoms with E-state index in [2.05, 4.69) is 21.6 Å². The number of anilines is 1. The minimum absolute atomic E-state index is 0.0631. The average molecular weight is 268 g/mol. The lowest BCUT2D eigenvalue weighted by molar-refractivity contribution is -0.122. The van der Waals surface area contributed by atoms with Crippen molar-refractivity contribution in [3.05, 3.63) is 5.82 Å². The van der Waals surface area contributed by atoms with Crippen molar-refractivity contribution in [3.8, 4) is 0 Å². The van der Waals surface area contributed by atoms with E-state index in [1.165, 1.54) is 11.5 Å². The predicted octanol–water partition coefficient (Wildman–Crippen LogP) is 1.95. The number of nitrogens with two attached hydrogens (primary N) is 1. The summed E-state index contributed by atoms with van der Waals surface area (Å²) in [6, 6.07) is 0.406. The molecule has 1 amide bonds. The van der Waals surface area contributed by atoms with Crippen LogP contribution in [0.4, 0.5) is 5.13 Å². The van der Waals surface area contributed by atoms with Crippen LogP contribution in [0.15, 0.2) is 0 Å². The van der Waals surface area contributed by atoms with Crippen LogP contribution in [0.1, 0.15) is 44.9 Å². The van der Waals surface area contributed by atoms with Crippen LogP contribution in [0, 0.1) is 5.92 Å². The third-order valence-corrected chi connectivity index (χ3v) is 4.08. The number of amides is 1. The molecule has 0 saturated heterocycles. The molecular formula is C12H20N4OS. The van der Waals surface area contributed by atoms with Gasteiger partial charge in [-0.25, -0.2) is 4.98 Å². The number of nitrogens with zero attached hydrogens (tertiary/aromatic N) is 2. The van der Waals surface area contributed by atoms with Crippen LogP contribution in [0.2, 0.25) is 0 Å². The first-order valence-corrected chi connectivity index (χ1v) is 7.34. The summed E-state index contributed by atoms with van der Waals surface area (Å²) in [6.45, 7) is 2.12. The van der Waals surface area contributed by atoms with Gasteiger partial charge in [-0.1, -0.05) is 6.92 Å². The van der Waals surface area contributed by atoms with Gasteiger partial charge in [0.15, 0.2) is 0 Å². The molecule has 6 heteroatoms. The zero-order valence-electron chi connectivity index (χ0n) is 10.7. The van der Waals surface area contributed by atoms with Crippen molar-refractivity contribution in [2.24, 2.45) is 11.7 Å². The molecule has 0 bridgehead atoms. The van der Waals surface area contributed by atoms with E-state index >= 15 is 0 Å². The molecule has 1 aliphatic carbocycles. The van der Waals surface area contributed by atoms with Crippen molar-refractivity contribution in [1.29, 1.82) is 0 Å². The molecule has 5 nitrogen and oxygen atoms in total. The van der Waals surface area contributed by atoms with E-state index in [4.69, 9.17) is 5.73 Å². The Bertz CT molecular complexity index is 399. The summed E-state index contributed by atoms with van der Waals surface area (Å²) < 4.78 is 4.31. The maximum absolute atomic E-state index is 11.1. The lowest BCUT2D eigenvalue weighted by Gasteiger charge is -2.26. The number of aryl methyl sites for hydroxylation is 1. The van der Waals surface area contributed by atoms with Gasteiger partial charge in [-0.15, -0.1) is 0 Å². The molecule has 1 aliphatic rings. The van der Waals surface area contributed by atoms with E-state index < -0.39 is 0 Å². The largest absolute Gasteiger partial charge is 0.369 e. The van der Waals surface area contributed by atoms with Crippen molar-refractivity contribution in [3.63, 3.8) is 0 Å². The monoisotopic (exact) mass is 268 g/mol. The zero-order valence-corrected chi connectivity index (χ0v) is 11.5. The summed E-state index contributed by atoms with van der Waals surface area (Å²) in [5, 5.41) is 4.32. The second-order valence-corrected chi connectivity index (χ2v) is 5.61. The first-order valence-electron chi connectivity index (χ1n) is 6.57. The zero-order chi connectivity index (χ0) is 13.0. The van der Waals surface area contributed by atoms with Gasteiger partial charge in [-0.3, -0.25) is 4.79 Å². The number of hydrogen-bond donors (Lipinski definition) is 2. The Morgan fingerprint density at radius 2 is 2.17 bits per heavy atom. The second kappa shape index (κ2) is 6.13. The lowest BCUT2D eigenvalue weighted by atomic mass is 9.86. The molecular weight excluding hydrogens is 248 g/mol. The van der Waals surface area contributed by atoms with Crippen molar-refractivity contribution < 1.29 is 4.79 Å². The van der Waals surface area contributed by atoms with E-state index in [0.717, 1.165) is 49.5 Å². The van der Waals surface area contributed by atoms with Gasteiger partial charge in [-0.2, -0.15) is 4.37 Å². The van der Waals surface area contributed by atoms with E-state index in [1.54, 1.807) is 0 Å². The quantitative estimate of drug-likeness (QED) is 0.855. The van der Waals surface area contributed by atoms with E-state index in [9.17, 15) is 4.79 Å². The molecule has 1 aromatic heterocycles. The molecule has 100 valence electrons. The topological polar surface area (TPSA) is 80.9 Å². The minimum Gasteiger partial charge on any atom is -0.369 e. The highest BCUT2D eigenvalue weighted by Gasteiger charge is 2.25. The fourth-order valence-corrected chi connectivity index (χ4v) is 3.02. The third kappa shape index (κ3) is 3.41. The summed E-state index contributed by atoms with van der Waals surface area (Å²) in [5.41, 5.74) is 5.32. The fraction of sp³-hybridized carbons (Fsp3) is 0.750. The van der Waals surface area contributed by atoms with Crippen LogP contribution in [0.3, 0.4) is 0 Å². The summed E-state index contributed by atoms with van der Waals surface area (Å²) in [6.07, 6.45) is 5.74. The summed E-state index contributed by atoms with van der Waals surface area (Å²) in [4.78, 5) is 15.5.